The third-order valence-corrected chi connectivity index (χ3v) is 2.35. The number of rotatable bonds is 3. The van der Waals surface area contributed by atoms with Crippen LogP contribution in [0.5, 0.6) is 0 Å². The molecule has 0 unspecified atom stereocenters. The molecule has 0 aliphatic rings. The Balaban J connectivity index is 2.32. The minimum absolute atomic E-state index is 0.592. The number of aldehydes is 1. The molecule has 0 aliphatic heterocycles. The lowest BCUT2D eigenvalue weighted by molar-refractivity contribution is 0.112. The first-order valence-corrected chi connectivity index (χ1v) is 4.92. The molecule has 0 aliphatic carbocycles. The molecule has 0 saturated carbocycles. The lowest BCUT2D eigenvalue weighted by Gasteiger charge is -2.01. The van der Waals surface area contributed by atoms with Gasteiger partial charge >= 0.3 is 0 Å². The molecule has 2 rings (SSSR count). The SMILES string of the molecule is CCc1ccc(-n2cc(C=O)cn2)cc1. The molecule has 2 aromatic rings. The molecule has 0 saturated heterocycles. The van der Waals surface area contributed by atoms with Crippen molar-refractivity contribution in [2.45, 2.75) is 13.3 Å². The van der Waals surface area contributed by atoms with Crippen LogP contribution in [-0.2, 0) is 6.42 Å². The van der Waals surface area contributed by atoms with Gasteiger partial charge < -0.3 is 0 Å². The topological polar surface area (TPSA) is 34.9 Å². The predicted molar refractivity (Wildman–Crippen MR) is 58.3 cm³/mol. The van der Waals surface area contributed by atoms with Gasteiger partial charge in [-0.25, -0.2) is 4.68 Å². The molecular weight excluding hydrogens is 188 g/mol. The normalized spacial score (nSPS) is 10.2. The molecule has 3 nitrogen and oxygen atoms in total. The van der Waals surface area contributed by atoms with E-state index in [0.717, 1.165) is 18.4 Å². The average Bonchev–Trinajstić information content (AvgIpc) is 2.78. The predicted octanol–water partition coefficient (Wildman–Crippen LogP) is 2.25. The van der Waals surface area contributed by atoms with Crippen molar-refractivity contribution in [1.29, 1.82) is 0 Å². The van der Waals surface area contributed by atoms with Gasteiger partial charge in [0.25, 0.3) is 0 Å². The third kappa shape index (κ3) is 1.96. The van der Waals surface area contributed by atoms with Crippen LogP contribution >= 0.6 is 0 Å². The Morgan fingerprint density at radius 1 is 1.33 bits per heavy atom. The first kappa shape index (κ1) is 9.65. The molecule has 0 radical (unpaired) electrons. The van der Waals surface area contributed by atoms with E-state index < -0.39 is 0 Å². The maximum Gasteiger partial charge on any atom is 0.153 e. The molecule has 0 fully saturated rings. The van der Waals surface area contributed by atoms with Crippen molar-refractivity contribution >= 4 is 6.29 Å². The van der Waals surface area contributed by atoms with Crippen molar-refractivity contribution in [2.24, 2.45) is 0 Å². The van der Waals surface area contributed by atoms with Crippen LogP contribution in [0.15, 0.2) is 36.7 Å². The van der Waals surface area contributed by atoms with E-state index in [-0.39, 0.29) is 0 Å². The molecule has 0 spiro atoms. The minimum Gasteiger partial charge on any atom is -0.298 e. The summed E-state index contributed by atoms with van der Waals surface area (Å²) in [6, 6.07) is 8.13. The number of carbonyl (C=O) groups excluding carboxylic acids is 1. The number of aryl methyl sites for hydroxylation is 1. The summed E-state index contributed by atoms with van der Waals surface area (Å²) in [5.74, 6) is 0. The van der Waals surface area contributed by atoms with E-state index in [1.807, 2.05) is 12.1 Å². The zero-order chi connectivity index (χ0) is 10.7. The highest BCUT2D eigenvalue weighted by molar-refractivity contribution is 5.73. The molecule has 15 heavy (non-hydrogen) atoms. The summed E-state index contributed by atoms with van der Waals surface area (Å²) >= 11 is 0. The van der Waals surface area contributed by atoms with Crippen molar-refractivity contribution in [2.75, 3.05) is 0 Å². The largest absolute Gasteiger partial charge is 0.298 e. The molecule has 3 heteroatoms. The minimum atomic E-state index is 0.592. The van der Waals surface area contributed by atoms with Gasteiger partial charge in [-0.1, -0.05) is 19.1 Å². The van der Waals surface area contributed by atoms with Crippen LogP contribution in [-0.4, -0.2) is 16.1 Å². The van der Waals surface area contributed by atoms with Crippen molar-refractivity contribution in [1.82, 2.24) is 9.78 Å². The number of benzene rings is 1. The van der Waals surface area contributed by atoms with Crippen LogP contribution in [0.1, 0.15) is 22.8 Å². The first-order valence-electron chi connectivity index (χ1n) is 4.92. The van der Waals surface area contributed by atoms with Crippen LogP contribution in [0.2, 0.25) is 0 Å². The Labute approximate surface area is 88.4 Å². The standard InChI is InChI=1S/C12H12N2O/c1-2-10-3-5-12(6-4-10)14-8-11(9-15)7-13-14/h3-9H,2H2,1H3. The second-order valence-electron chi connectivity index (χ2n) is 3.36. The van der Waals surface area contributed by atoms with Gasteiger partial charge in [0, 0.05) is 6.20 Å². The fraction of sp³-hybridized carbons (Fsp3) is 0.167. The van der Waals surface area contributed by atoms with Gasteiger partial charge in [0.2, 0.25) is 0 Å². The number of aromatic nitrogens is 2. The highest BCUT2D eigenvalue weighted by Gasteiger charge is 1.99. The summed E-state index contributed by atoms with van der Waals surface area (Å²) in [5, 5.41) is 4.10. The zero-order valence-electron chi connectivity index (χ0n) is 8.55. The summed E-state index contributed by atoms with van der Waals surface area (Å²) < 4.78 is 1.70. The monoisotopic (exact) mass is 200 g/mol. The van der Waals surface area contributed by atoms with Crippen LogP contribution in [0.3, 0.4) is 0 Å². The maximum atomic E-state index is 10.5. The molecule has 1 aromatic heterocycles. The average molecular weight is 200 g/mol. The Kier molecular flexibility index (Phi) is 2.63. The second kappa shape index (κ2) is 4.09. The molecule has 0 bridgehead atoms. The molecule has 1 heterocycles. The quantitative estimate of drug-likeness (QED) is 0.712. The summed E-state index contributed by atoms with van der Waals surface area (Å²) in [7, 11) is 0. The van der Waals surface area contributed by atoms with Gasteiger partial charge in [-0.2, -0.15) is 5.10 Å². The fourth-order valence-electron chi connectivity index (χ4n) is 1.42. The van der Waals surface area contributed by atoms with Crippen molar-refractivity contribution < 1.29 is 4.79 Å². The van der Waals surface area contributed by atoms with Gasteiger partial charge in [-0.3, -0.25) is 4.79 Å². The lowest BCUT2D eigenvalue weighted by atomic mass is 10.1. The Morgan fingerprint density at radius 3 is 2.60 bits per heavy atom. The van der Waals surface area contributed by atoms with Gasteiger partial charge in [0.15, 0.2) is 6.29 Å². The van der Waals surface area contributed by atoms with Crippen LogP contribution < -0.4 is 0 Å². The van der Waals surface area contributed by atoms with E-state index in [2.05, 4.69) is 24.2 Å². The summed E-state index contributed by atoms with van der Waals surface area (Å²) in [5.41, 5.74) is 2.86. The number of nitrogens with zero attached hydrogens (tertiary/aromatic N) is 2. The van der Waals surface area contributed by atoms with Crippen LogP contribution in [0.4, 0.5) is 0 Å². The first-order chi connectivity index (χ1) is 7.33. The maximum absolute atomic E-state index is 10.5. The Morgan fingerprint density at radius 2 is 2.07 bits per heavy atom. The number of carbonyl (C=O) groups is 1. The van der Waals surface area contributed by atoms with Crippen LogP contribution in [0.25, 0.3) is 5.69 Å². The summed E-state index contributed by atoms with van der Waals surface area (Å²) in [6.07, 6.45) is 5.09. The van der Waals surface area contributed by atoms with E-state index >= 15 is 0 Å². The van der Waals surface area contributed by atoms with E-state index in [9.17, 15) is 4.79 Å². The second-order valence-corrected chi connectivity index (χ2v) is 3.36. The molecular formula is C12H12N2O. The molecule has 0 amide bonds. The van der Waals surface area contributed by atoms with Gasteiger partial charge in [0.1, 0.15) is 0 Å². The van der Waals surface area contributed by atoms with E-state index in [1.54, 1.807) is 17.1 Å². The Bertz CT molecular complexity index is 457. The van der Waals surface area contributed by atoms with Gasteiger partial charge in [-0.05, 0) is 24.1 Å². The van der Waals surface area contributed by atoms with E-state index in [4.69, 9.17) is 0 Å². The van der Waals surface area contributed by atoms with Crippen molar-refractivity contribution in [3.8, 4) is 5.69 Å². The van der Waals surface area contributed by atoms with E-state index in [1.165, 1.54) is 5.56 Å². The number of hydrogen-bond acceptors (Lipinski definition) is 2. The molecule has 76 valence electrons. The summed E-state index contributed by atoms with van der Waals surface area (Å²) in [6.45, 7) is 2.12. The highest BCUT2D eigenvalue weighted by atomic mass is 16.1. The molecule has 1 aromatic carbocycles. The van der Waals surface area contributed by atoms with Gasteiger partial charge in [0.05, 0.1) is 17.4 Å². The lowest BCUT2D eigenvalue weighted by Crippen LogP contribution is -1.94. The third-order valence-electron chi connectivity index (χ3n) is 2.35. The molecule has 0 atom stereocenters. The van der Waals surface area contributed by atoms with Gasteiger partial charge in [-0.15, -0.1) is 0 Å². The highest BCUT2D eigenvalue weighted by Crippen LogP contribution is 2.09. The van der Waals surface area contributed by atoms with E-state index in [0.29, 0.717) is 5.56 Å². The van der Waals surface area contributed by atoms with Crippen molar-refractivity contribution in [3.05, 3.63) is 47.8 Å². The smallest absolute Gasteiger partial charge is 0.153 e. The Hall–Kier alpha value is -1.90. The number of hydrogen-bond donors (Lipinski definition) is 0. The molecule has 0 N–H and O–H groups in total. The van der Waals surface area contributed by atoms with Crippen molar-refractivity contribution in [3.63, 3.8) is 0 Å². The fourth-order valence-corrected chi connectivity index (χ4v) is 1.42. The van der Waals surface area contributed by atoms with Crippen LogP contribution in [0, 0.1) is 0 Å². The zero-order valence-corrected chi connectivity index (χ0v) is 8.55. The summed E-state index contributed by atoms with van der Waals surface area (Å²) in [4.78, 5) is 10.5.